The third-order valence-electron chi connectivity index (χ3n) is 7.08. The first-order valence-electron chi connectivity index (χ1n) is 14.5. The molecule has 3 rings (SSSR count). The van der Waals surface area contributed by atoms with Crippen LogP contribution in [-0.4, -0.2) is 50.5 Å². The molecule has 0 aliphatic rings. The Morgan fingerprint density at radius 3 is 2.12 bits per heavy atom. The van der Waals surface area contributed by atoms with Gasteiger partial charge in [-0.25, -0.2) is 8.42 Å². The van der Waals surface area contributed by atoms with Gasteiger partial charge in [-0.3, -0.25) is 13.9 Å². The minimum atomic E-state index is -3.58. The Labute approximate surface area is 266 Å². The first-order chi connectivity index (χ1) is 20.4. The Bertz CT molecular complexity index is 1470. The molecule has 3 aromatic carbocycles. The van der Waals surface area contributed by atoms with Gasteiger partial charge in [-0.15, -0.1) is 0 Å². The van der Waals surface area contributed by atoms with Crippen LogP contribution in [0.1, 0.15) is 50.3 Å². The third-order valence-corrected chi connectivity index (χ3v) is 9.01. The third kappa shape index (κ3) is 10.6. The predicted molar refractivity (Wildman–Crippen MR) is 176 cm³/mol. The van der Waals surface area contributed by atoms with Crippen LogP contribution in [0.3, 0.4) is 0 Å². The highest BCUT2D eigenvalue weighted by Gasteiger charge is 2.30. The van der Waals surface area contributed by atoms with E-state index in [9.17, 15) is 18.0 Å². The van der Waals surface area contributed by atoms with Crippen LogP contribution < -0.4 is 9.62 Å². The standard InChI is InChI=1S/C33H41Cl2N3O4S/c1-5-25-13-16-28(17-14-25)38(43(4,41)42)19-9-12-32(39)37(23-27-15-18-29(34)30(35)20-27)31(33(40)36-22-24(2)3)21-26-10-7-6-8-11-26/h6-8,10-11,13-18,20,24,31H,5,9,12,19,21-23H2,1-4H3,(H,36,40). The molecule has 2 amide bonds. The molecule has 0 heterocycles. The summed E-state index contributed by atoms with van der Waals surface area (Å²) in [5, 5.41) is 3.75. The number of hydrogen-bond donors (Lipinski definition) is 1. The van der Waals surface area contributed by atoms with Gasteiger partial charge in [-0.2, -0.15) is 0 Å². The molecule has 1 atom stereocenters. The number of anilines is 1. The Kier molecular flexibility index (Phi) is 12.9. The smallest absolute Gasteiger partial charge is 0.243 e. The van der Waals surface area contributed by atoms with Crippen LogP contribution in [0.2, 0.25) is 10.0 Å². The van der Waals surface area contributed by atoms with Crippen molar-refractivity contribution in [2.45, 2.75) is 59.0 Å². The highest BCUT2D eigenvalue weighted by atomic mass is 35.5. The van der Waals surface area contributed by atoms with E-state index in [0.29, 0.717) is 28.7 Å². The van der Waals surface area contributed by atoms with E-state index in [2.05, 4.69) is 5.32 Å². The average Bonchev–Trinajstić information content (AvgIpc) is 2.97. The van der Waals surface area contributed by atoms with Gasteiger partial charge in [-0.05, 0) is 59.7 Å². The van der Waals surface area contributed by atoms with Crippen LogP contribution in [-0.2, 0) is 39.0 Å². The Morgan fingerprint density at radius 2 is 1.53 bits per heavy atom. The summed E-state index contributed by atoms with van der Waals surface area (Å²) in [6.07, 6.45) is 2.64. The molecule has 0 fully saturated rings. The maximum Gasteiger partial charge on any atom is 0.243 e. The number of carbonyl (C=O) groups is 2. The first kappa shape index (κ1) is 34.4. The van der Waals surface area contributed by atoms with Gasteiger partial charge >= 0.3 is 0 Å². The summed E-state index contributed by atoms with van der Waals surface area (Å²) in [7, 11) is -3.58. The van der Waals surface area contributed by atoms with Crippen LogP contribution in [0.15, 0.2) is 72.8 Å². The molecule has 0 spiro atoms. The Morgan fingerprint density at radius 1 is 0.884 bits per heavy atom. The van der Waals surface area contributed by atoms with E-state index in [1.807, 2.05) is 63.2 Å². The van der Waals surface area contributed by atoms with Crippen LogP contribution in [0.4, 0.5) is 5.69 Å². The number of hydrogen-bond acceptors (Lipinski definition) is 4. The van der Waals surface area contributed by atoms with Gasteiger partial charge in [0, 0.05) is 32.5 Å². The van der Waals surface area contributed by atoms with Gasteiger partial charge in [0.1, 0.15) is 6.04 Å². The number of carbonyl (C=O) groups excluding carboxylic acids is 2. The lowest BCUT2D eigenvalue weighted by molar-refractivity contribution is -0.141. The van der Waals surface area contributed by atoms with Gasteiger partial charge in [0.2, 0.25) is 21.8 Å². The molecule has 0 saturated heterocycles. The average molecular weight is 647 g/mol. The molecule has 0 bridgehead atoms. The topological polar surface area (TPSA) is 86.8 Å². The molecule has 232 valence electrons. The van der Waals surface area contributed by atoms with Crippen LogP contribution in [0.5, 0.6) is 0 Å². The van der Waals surface area contributed by atoms with Gasteiger partial charge in [-0.1, -0.05) is 92.5 Å². The second-order valence-corrected chi connectivity index (χ2v) is 13.8. The van der Waals surface area contributed by atoms with E-state index in [0.717, 1.165) is 29.4 Å². The zero-order chi connectivity index (χ0) is 31.6. The van der Waals surface area contributed by atoms with Crippen LogP contribution in [0.25, 0.3) is 0 Å². The summed E-state index contributed by atoms with van der Waals surface area (Å²) in [5.41, 5.74) is 3.30. The largest absolute Gasteiger partial charge is 0.354 e. The molecule has 0 saturated carbocycles. The molecule has 1 N–H and O–H groups in total. The number of amides is 2. The molecule has 0 aliphatic heterocycles. The predicted octanol–water partition coefficient (Wildman–Crippen LogP) is 6.51. The lowest BCUT2D eigenvalue weighted by Gasteiger charge is -2.32. The molecule has 7 nitrogen and oxygen atoms in total. The minimum absolute atomic E-state index is 0.0448. The van der Waals surface area contributed by atoms with Gasteiger partial charge < -0.3 is 10.2 Å². The molecule has 0 radical (unpaired) electrons. The van der Waals surface area contributed by atoms with Crippen molar-refractivity contribution in [1.82, 2.24) is 10.2 Å². The lowest BCUT2D eigenvalue weighted by atomic mass is 10.0. The number of nitrogens with zero attached hydrogens (tertiary/aromatic N) is 2. The minimum Gasteiger partial charge on any atom is -0.354 e. The van der Waals surface area contributed by atoms with Crippen molar-refractivity contribution >= 4 is 50.7 Å². The number of aryl methyl sites for hydroxylation is 1. The zero-order valence-electron chi connectivity index (χ0n) is 25.2. The second-order valence-electron chi connectivity index (χ2n) is 11.1. The van der Waals surface area contributed by atoms with Crippen molar-refractivity contribution in [2.75, 3.05) is 23.7 Å². The van der Waals surface area contributed by atoms with Gasteiger partial charge in [0.05, 0.1) is 22.0 Å². The van der Waals surface area contributed by atoms with E-state index < -0.39 is 16.1 Å². The van der Waals surface area contributed by atoms with Crippen molar-refractivity contribution in [1.29, 1.82) is 0 Å². The van der Waals surface area contributed by atoms with Crippen molar-refractivity contribution in [2.24, 2.45) is 5.92 Å². The number of rotatable bonds is 15. The molecule has 1 unspecified atom stereocenters. The highest BCUT2D eigenvalue weighted by Crippen LogP contribution is 2.25. The van der Waals surface area contributed by atoms with E-state index >= 15 is 0 Å². The number of sulfonamides is 1. The number of halogens is 2. The van der Waals surface area contributed by atoms with Crippen LogP contribution >= 0.6 is 23.2 Å². The van der Waals surface area contributed by atoms with Crippen molar-refractivity contribution < 1.29 is 18.0 Å². The van der Waals surface area contributed by atoms with E-state index in [-0.39, 0.29) is 43.7 Å². The van der Waals surface area contributed by atoms with E-state index in [1.165, 1.54) is 4.31 Å². The van der Waals surface area contributed by atoms with Gasteiger partial charge in [0.15, 0.2) is 0 Å². The fraction of sp³-hybridized carbons (Fsp3) is 0.394. The van der Waals surface area contributed by atoms with E-state index in [1.54, 1.807) is 35.2 Å². The van der Waals surface area contributed by atoms with E-state index in [4.69, 9.17) is 23.2 Å². The quantitative estimate of drug-likeness (QED) is 0.204. The zero-order valence-corrected chi connectivity index (χ0v) is 27.6. The Balaban J connectivity index is 1.89. The number of nitrogens with one attached hydrogen (secondary N) is 1. The Hall–Kier alpha value is -3.07. The molecular weight excluding hydrogens is 605 g/mol. The summed E-state index contributed by atoms with van der Waals surface area (Å²) < 4.78 is 26.7. The molecular formula is C33H41Cl2N3O4S. The molecule has 43 heavy (non-hydrogen) atoms. The maximum absolute atomic E-state index is 13.9. The second kappa shape index (κ2) is 16.1. The molecule has 0 aliphatic carbocycles. The fourth-order valence-electron chi connectivity index (χ4n) is 4.71. The summed E-state index contributed by atoms with van der Waals surface area (Å²) in [6, 6.07) is 21.3. The molecule has 3 aromatic rings. The summed E-state index contributed by atoms with van der Waals surface area (Å²) in [4.78, 5) is 29.1. The first-order valence-corrected chi connectivity index (χ1v) is 17.1. The van der Waals surface area contributed by atoms with Crippen molar-refractivity contribution in [3.63, 3.8) is 0 Å². The van der Waals surface area contributed by atoms with Crippen molar-refractivity contribution in [3.05, 3.63) is 99.5 Å². The molecule has 0 aromatic heterocycles. The summed E-state index contributed by atoms with van der Waals surface area (Å²) in [5.74, 6) is -0.282. The number of benzene rings is 3. The van der Waals surface area contributed by atoms with Gasteiger partial charge in [0.25, 0.3) is 0 Å². The van der Waals surface area contributed by atoms with Crippen LogP contribution in [0, 0.1) is 5.92 Å². The highest BCUT2D eigenvalue weighted by molar-refractivity contribution is 7.92. The lowest BCUT2D eigenvalue weighted by Crippen LogP contribution is -2.51. The monoisotopic (exact) mass is 645 g/mol. The fourth-order valence-corrected chi connectivity index (χ4v) is 6.00. The normalized spacial score (nSPS) is 12.2. The SMILES string of the molecule is CCc1ccc(N(CCCC(=O)N(Cc2ccc(Cl)c(Cl)c2)C(Cc2ccccc2)C(=O)NCC(C)C)S(C)(=O)=O)cc1. The molecule has 10 heteroatoms. The summed E-state index contributed by atoms with van der Waals surface area (Å²) >= 11 is 12.4. The van der Waals surface area contributed by atoms with Crippen molar-refractivity contribution in [3.8, 4) is 0 Å². The summed E-state index contributed by atoms with van der Waals surface area (Å²) in [6.45, 7) is 6.78. The maximum atomic E-state index is 13.9.